The zero-order valence-corrected chi connectivity index (χ0v) is 56.0. The van der Waals surface area contributed by atoms with Gasteiger partial charge in [0.2, 0.25) is 0 Å². The lowest BCUT2D eigenvalue weighted by molar-refractivity contribution is -0.167. The number of ether oxygens (including phenoxy) is 3. The van der Waals surface area contributed by atoms with E-state index in [1.165, 1.54) is 283 Å². The van der Waals surface area contributed by atoms with E-state index in [0.29, 0.717) is 19.3 Å². The summed E-state index contributed by atoms with van der Waals surface area (Å²) in [5, 5.41) is 0. The summed E-state index contributed by atoms with van der Waals surface area (Å²) >= 11 is 0. The van der Waals surface area contributed by atoms with Crippen LogP contribution in [0.3, 0.4) is 0 Å². The Morgan fingerprint density at radius 2 is 0.470 bits per heavy atom. The molecule has 0 aliphatic carbocycles. The Morgan fingerprint density at radius 1 is 0.253 bits per heavy atom. The third kappa shape index (κ3) is 70.0. The fourth-order valence-corrected chi connectivity index (χ4v) is 11.3. The number of esters is 3. The fourth-order valence-electron chi connectivity index (χ4n) is 11.3. The van der Waals surface area contributed by atoms with Crippen molar-refractivity contribution in [3.8, 4) is 0 Å². The molecule has 0 aliphatic heterocycles. The first-order valence-corrected chi connectivity index (χ1v) is 37.1. The molecule has 0 fully saturated rings. The minimum Gasteiger partial charge on any atom is -0.462 e. The maximum atomic E-state index is 12.9. The van der Waals surface area contributed by atoms with Crippen LogP contribution in [0.5, 0.6) is 0 Å². The summed E-state index contributed by atoms with van der Waals surface area (Å²) < 4.78 is 17.0. The zero-order chi connectivity index (χ0) is 59.9. The maximum absolute atomic E-state index is 12.9. The molecule has 0 aromatic heterocycles. The third-order valence-electron chi connectivity index (χ3n) is 16.8. The van der Waals surface area contributed by atoms with E-state index in [0.717, 1.165) is 83.5 Å². The highest BCUT2D eigenvalue weighted by Gasteiger charge is 2.20. The normalized spacial score (nSPS) is 12.3. The monoisotopic (exact) mass is 1160 g/mol. The zero-order valence-electron chi connectivity index (χ0n) is 56.0. The lowest BCUT2D eigenvalue weighted by Gasteiger charge is -2.18. The molecule has 1 atom stereocenters. The Morgan fingerprint density at radius 3 is 0.735 bits per heavy atom. The van der Waals surface area contributed by atoms with E-state index in [-0.39, 0.29) is 31.1 Å². The molecule has 6 nitrogen and oxygen atoms in total. The van der Waals surface area contributed by atoms with Crippen molar-refractivity contribution >= 4 is 17.9 Å². The molecule has 0 N–H and O–H groups in total. The third-order valence-corrected chi connectivity index (χ3v) is 16.8. The number of unbranched alkanes of at least 4 members (excludes halogenated alkanes) is 50. The van der Waals surface area contributed by atoms with Gasteiger partial charge in [0.05, 0.1) is 0 Å². The van der Waals surface area contributed by atoms with E-state index in [4.69, 9.17) is 14.2 Å². The Hall–Kier alpha value is -2.63. The smallest absolute Gasteiger partial charge is 0.306 e. The van der Waals surface area contributed by atoms with Gasteiger partial charge in [-0.2, -0.15) is 0 Å². The van der Waals surface area contributed by atoms with Crippen LogP contribution in [-0.2, 0) is 28.6 Å². The van der Waals surface area contributed by atoms with E-state index in [2.05, 4.69) is 69.4 Å². The molecule has 1 unspecified atom stereocenters. The van der Waals surface area contributed by atoms with Gasteiger partial charge in [-0.05, 0) is 57.8 Å². The molecule has 0 saturated heterocycles. The van der Waals surface area contributed by atoms with Crippen LogP contribution in [0.15, 0.2) is 48.6 Å². The van der Waals surface area contributed by atoms with E-state index in [9.17, 15) is 14.4 Å². The van der Waals surface area contributed by atoms with Crippen molar-refractivity contribution in [3.05, 3.63) is 48.6 Å². The van der Waals surface area contributed by atoms with Crippen LogP contribution >= 0.6 is 0 Å². The second kappa shape index (κ2) is 71.8. The van der Waals surface area contributed by atoms with E-state index in [1.807, 2.05) is 0 Å². The Kier molecular flexibility index (Phi) is 69.6. The predicted octanol–water partition coefficient (Wildman–Crippen LogP) is 25.7. The van der Waals surface area contributed by atoms with E-state index >= 15 is 0 Å². The summed E-state index contributed by atoms with van der Waals surface area (Å²) in [6.07, 6.45) is 91.7. The Balaban J connectivity index is 4.05. The predicted molar refractivity (Wildman–Crippen MR) is 362 cm³/mol. The highest BCUT2D eigenvalue weighted by atomic mass is 16.6. The molecule has 0 aromatic carbocycles. The largest absolute Gasteiger partial charge is 0.462 e. The molecule has 83 heavy (non-hydrogen) atoms. The van der Waals surface area contributed by atoms with Crippen molar-refractivity contribution in [3.63, 3.8) is 0 Å². The minimum absolute atomic E-state index is 0.0641. The number of carbonyl (C=O) groups is 3. The Bertz CT molecular complexity index is 1430. The van der Waals surface area contributed by atoms with Crippen LogP contribution in [0.25, 0.3) is 0 Å². The van der Waals surface area contributed by atoms with Gasteiger partial charge in [-0.3, -0.25) is 14.4 Å². The summed E-state index contributed by atoms with van der Waals surface area (Å²) in [5.74, 6) is -0.832. The SMILES string of the molecule is CC/C=C\C/C=C\C/C=C\C/C=C\CCCCCCCCCCCCCCCCCCCCCCCCC(=O)OCC(COC(=O)CCCCCCCCCCCCC)OC(=O)CCCCCCCCCCCCCCCCCCCCC. The van der Waals surface area contributed by atoms with Gasteiger partial charge in [-0.25, -0.2) is 0 Å². The molecule has 0 heterocycles. The molecule has 0 rings (SSSR count). The molecule has 0 amide bonds. The molecule has 0 aliphatic rings. The van der Waals surface area contributed by atoms with Gasteiger partial charge >= 0.3 is 17.9 Å². The van der Waals surface area contributed by atoms with Crippen LogP contribution in [-0.4, -0.2) is 37.2 Å². The first-order valence-electron chi connectivity index (χ1n) is 37.1. The number of rotatable bonds is 69. The molecule has 486 valence electrons. The lowest BCUT2D eigenvalue weighted by atomic mass is 10.0. The minimum atomic E-state index is -0.767. The van der Waals surface area contributed by atoms with E-state index < -0.39 is 6.10 Å². The van der Waals surface area contributed by atoms with Gasteiger partial charge in [-0.15, -0.1) is 0 Å². The highest BCUT2D eigenvalue weighted by Crippen LogP contribution is 2.19. The van der Waals surface area contributed by atoms with Crippen molar-refractivity contribution in [2.24, 2.45) is 0 Å². The van der Waals surface area contributed by atoms with Gasteiger partial charge in [0.25, 0.3) is 0 Å². The van der Waals surface area contributed by atoms with Crippen molar-refractivity contribution in [2.75, 3.05) is 13.2 Å². The molecule has 0 aromatic rings. The standard InChI is InChI=1S/C77H142O6/c1-4-7-10-13-16-19-22-24-26-28-30-31-32-33-34-35-36-37-38-39-40-41-42-43-44-45-47-48-50-52-55-58-61-64-67-70-76(79)82-73-74(72-81-75(78)69-66-63-60-57-54-21-18-15-12-9-6-3)83-77(80)71-68-65-62-59-56-53-51-49-46-29-27-25-23-20-17-14-11-8-5-2/h7,10,16,19,24,26,30-31,74H,4-6,8-9,11-15,17-18,20-23,25,27-29,32-73H2,1-3H3/b10-7-,19-16-,26-24-,31-30-. The summed E-state index contributed by atoms with van der Waals surface area (Å²) in [6.45, 7) is 6.60. The average Bonchev–Trinajstić information content (AvgIpc) is 3.48. The molecule has 0 radical (unpaired) electrons. The van der Waals surface area contributed by atoms with Crippen molar-refractivity contribution in [1.82, 2.24) is 0 Å². The van der Waals surface area contributed by atoms with Gasteiger partial charge < -0.3 is 14.2 Å². The number of carbonyl (C=O) groups excluding carboxylic acids is 3. The highest BCUT2D eigenvalue weighted by molar-refractivity contribution is 5.71. The topological polar surface area (TPSA) is 78.9 Å². The van der Waals surface area contributed by atoms with Gasteiger partial charge in [0.15, 0.2) is 6.10 Å². The molecule has 0 saturated carbocycles. The van der Waals surface area contributed by atoms with Crippen molar-refractivity contribution in [1.29, 1.82) is 0 Å². The van der Waals surface area contributed by atoms with Crippen LogP contribution in [0.1, 0.15) is 406 Å². The molecular weight excluding hydrogens is 1020 g/mol. The van der Waals surface area contributed by atoms with Crippen molar-refractivity contribution < 1.29 is 28.6 Å². The van der Waals surface area contributed by atoms with Gasteiger partial charge in [0.1, 0.15) is 13.2 Å². The average molecular weight is 1160 g/mol. The second-order valence-corrected chi connectivity index (χ2v) is 25.2. The molecule has 0 spiro atoms. The molecular formula is C77H142O6. The van der Waals surface area contributed by atoms with Crippen LogP contribution in [0, 0.1) is 0 Å². The molecule has 6 heteroatoms. The molecule has 0 bridgehead atoms. The second-order valence-electron chi connectivity index (χ2n) is 25.2. The van der Waals surface area contributed by atoms with Gasteiger partial charge in [-0.1, -0.05) is 378 Å². The first-order chi connectivity index (χ1) is 41.0. The number of hydrogen-bond acceptors (Lipinski definition) is 6. The lowest BCUT2D eigenvalue weighted by Crippen LogP contribution is -2.30. The van der Waals surface area contributed by atoms with Gasteiger partial charge in [0, 0.05) is 19.3 Å². The number of allylic oxidation sites excluding steroid dienone is 8. The summed E-state index contributed by atoms with van der Waals surface area (Å²) in [4.78, 5) is 38.4. The van der Waals surface area contributed by atoms with Crippen LogP contribution in [0.2, 0.25) is 0 Å². The maximum Gasteiger partial charge on any atom is 0.306 e. The fraction of sp³-hybridized carbons (Fsp3) is 0.857. The van der Waals surface area contributed by atoms with Crippen LogP contribution < -0.4 is 0 Å². The van der Waals surface area contributed by atoms with Crippen LogP contribution in [0.4, 0.5) is 0 Å². The summed E-state index contributed by atoms with van der Waals surface area (Å²) in [6, 6.07) is 0. The van der Waals surface area contributed by atoms with E-state index in [1.54, 1.807) is 0 Å². The summed E-state index contributed by atoms with van der Waals surface area (Å²) in [5.41, 5.74) is 0. The first kappa shape index (κ1) is 80.4. The Labute approximate surface area is 518 Å². The quantitative estimate of drug-likeness (QED) is 0.0261. The van der Waals surface area contributed by atoms with Crippen molar-refractivity contribution in [2.45, 2.75) is 412 Å². The summed E-state index contributed by atoms with van der Waals surface area (Å²) in [7, 11) is 0. The number of hydrogen-bond donors (Lipinski definition) is 0.